The molecule has 2 N–H and O–H groups in total. The fraction of sp³-hybridized carbons (Fsp3) is 0.500. The van der Waals surface area contributed by atoms with Crippen LogP contribution in [0.1, 0.15) is 93.0 Å². The van der Waals surface area contributed by atoms with Gasteiger partial charge in [0, 0.05) is 12.5 Å². The number of pyridine rings is 1. The van der Waals surface area contributed by atoms with Gasteiger partial charge in [-0.05, 0) is 62.1 Å². The van der Waals surface area contributed by atoms with E-state index in [4.69, 9.17) is 21.2 Å². The van der Waals surface area contributed by atoms with Gasteiger partial charge in [-0.2, -0.15) is 4.98 Å². The summed E-state index contributed by atoms with van der Waals surface area (Å²) >= 11 is 5.65. The predicted molar refractivity (Wildman–Crippen MR) is 142 cm³/mol. The number of aromatic carboxylic acids is 1. The van der Waals surface area contributed by atoms with Crippen LogP contribution < -0.4 is 5.32 Å². The lowest BCUT2D eigenvalue weighted by Crippen LogP contribution is -2.25. The topological polar surface area (TPSA) is 101 Å². The molecule has 7 nitrogen and oxygen atoms in total. The Morgan fingerprint density at radius 1 is 1.14 bits per heavy atom. The zero-order chi connectivity index (χ0) is 26.6. The maximum atomic E-state index is 13.0. The average Bonchev–Trinajstić information content (AvgIpc) is 3.64. The molecule has 0 spiro atoms. The molecule has 1 saturated carbocycles. The molecule has 4 rings (SSSR count). The van der Waals surface area contributed by atoms with Crippen LogP contribution >= 0.6 is 11.6 Å². The number of carboxylic acids is 1. The second-order valence-corrected chi connectivity index (χ2v) is 9.81. The summed E-state index contributed by atoms with van der Waals surface area (Å²) in [6, 6.07) is 9.02. The van der Waals surface area contributed by atoms with E-state index in [9.17, 15) is 9.18 Å². The van der Waals surface area contributed by atoms with E-state index in [2.05, 4.69) is 27.4 Å². The van der Waals surface area contributed by atoms with Crippen LogP contribution in [0.25, 0.3) is 11.3 Å². The van der Waals surface area contributed by atoms with Crippen LogP contribution in [0.2, 0.25) is 5.02 Å². The summed E-state index contributed by atoms with van der Waals surface area (Å²) < 4.78 is 18.1. The van der Waals surface area contributed by atoms with E-state index in [-0.39, 0.29) is 10.7 Å². The summed E-state index contributed by atoms with van der Waals surface area (Å²) in [4.78, 5) is 19.1. The first-order valence-corrected chi connectivity index (χ1v) is 13.5. The van der Waals surface area contributed by atoms with Crippen LogP contribution in [0, 0.1) is 18.7 Å². The van der Waals surface area contributed by atoms with E-state index in [1.165, 1.54) is 82.1 Å². The van der Waals surface area contributed by atoms with Crippen LogP contribution in [0.5, 0.6) is 0 Å². The lowest BCUT2D eigenvalue weighted by Gasteiger charge is -2.14. The fourth-order valence-electron chi connectivity index (χ4n) is 4.05. The van der Waals surface area contributed by atoms with E-state index in [0.717, 1.165) is 18.3 Å². The quantitative estimate of drug-likeness (QED) is 0.222. The van der Waals surface area contributed by atoms with Crippen LogP contribution in [0.3, 0.4) is 0 Å². The van der Waals surface area contributed by atoms with E-state index in [0.29, 0.717) is 23.2 Å². The number of hydrogen-bond donors (Lipinski definition) is 2. The monoisotopic (exact) mass is 530 g/mol. The summed E-state index contributed by atoms with van der Waals surface area (Å²) in [6.45, 7) is 5.20. The molecule has 0 bridgehead atoms. The Labute approximate surface area is 222 Å². The number of unbranched alkanes of at least 4 members (excludes halogenated alkanes) is 6. The Morgan fingerprint density at radius 2 is 1.86 bits per heavy atom. The molecule has 200 valence electrons. The third-order valence-corrected chi connectivity index (χ3v) is 6.53. The lowest BCUT2D eigenvalue weighted by molar-refractivity contribution is 0.0690. The highest BCUT2D eigenvalue weighted by Gasteiger charge is 2.34. The molecule has 37 heavy (non-hydrogen) atoms. The minimum Gasteiger partial charge on any atom is -0.477 e. The average molecular weight is 531 g/mol. The Balaban J connectivity index is 0.000000208. The van der Waals surface area contributed by atoms with Gasteiger partial charge in [-0.25, -0.2) is 14.2 Å². The molecule has 2 heterocycles. The normalized spacial score (nSPS) is 13.6. The number of nitrogens with one attached hydrogen (secondary N) is 1. The molecule has 1 atom stereocenters. The molecule has 9 heteroatoms. The minimum atomic E-state index is -1.11. The highest BCUT2D eigenvalue weighted by molar-refractivity contribution is 6.31. The molecule has 1 aliphatic rings. The van der Waals surface area contributed by atoms with Crippen molar-refractivity contribution in [1.82, 2.24) is 20.4 Å². The minimum absolute atomic E-state index is 0.0231. The maximum absolute atomic E-state index is 13.0. The van der Waals surface area contributed by atoms with Gasteiger partial charge in [-0.15, -0.1) is 0 Å². The highest BCUT2D eigenvalue weighted by Crippen LogP contribution is 2.40. The van der Waals surface area contributed by atoms with Crippen molar-refractivity contribution in [3.05, 3.63) is 64.6 Å². The van der Waals surface area contributed by atoms with Gasteiger partial charge < -0.3 is 14.9 Å². The molecule has 0 radical (unpaired) electrons. The Morgan fingerprint density at radius 3 is 2.49 bits per heavy atom. The summed E-state index contributed by atoms with van der Waals surface area (Å²) in [5, 5.41) is 16.5. The van der Waals surface area contributed by atoms with Gasteiger partial charge >= 0.3 is 5.97 Å². The molecule has 1 aromatic carbocycles. The first kappa shape index (κ1) is 28.7. The summed E-state index contributed by atoms with van der Waals surface area (Å²) in [6.07, 6.45) is 12.1. The van der Waals surface area contributed by atoms with Gasteiger partial charge in [-0.3, -0.25) is 0 Å². The third-order valence-electron chi connectivity index (χ3n) is 6.24. The second kappa shape index (κ2) is 14.8. The number of nitrogens with zero attached hydrogens (tertiary/aromatic N) is 3. The second-order valence-electron chi connectivity index (χ2n) is 9.40. The molecule has 1 unspecified atom stereocenters. The van der Waals surface area contributed by atoms with Crippen molar-refractivity contribution in [3.8, 4) is 11.3 Å². The summed E-state index contributed by atoms with van der Waals surface area (Å²) in [7, 11) is 0. The highest BCUT2D eigenvalue weighted by atomic mass is 35.5. The molecule has 1 aliphatic carbocycles. The number of aryl methyl sites for hydroxylation is 1. The van der Waals surface area contributed by atoms with Gasteiger partial charge in [-0.1, -0.05) is 68.3 Å². The number of carboxylic acid groups (broad SMARTS) is 1. The number of hydrogen-bond acceptors (Lipinski definition) is 6. The SMILES string of the molecule is CCCCCCCCCNC(c1noc(C)n1)C1CC1.O=C(O)c1cccc(-c2ccc(F)c(Cl)c2)n1. The molecule has 2 aromatic heterocycles. The van der Waals surface area contributed by atoms with Crippen molar-refractivity contribution < 1.29 is 18.8 Å². The Bertz CT molecular complexity index is 1140. The Kier molecular flexibility index (Phi) is 11.5. The molecule has 0 amide bonds. The molecular formula is C28H36ClFN4O3. The largest absolute Gasteiger partial charge is 0.477 e. The molecule has 1 fully saturated rings. The predicted octanol–water partition coefficient (Wildman–Crippen LogP) is 7.41. The van der Waals surface area contributed by atoms with Gasteiger partial charge in [0.2, 0.25) is 5.89 Å². The van der Waals surface area contributed by atoms with Crippen LogP contribution in [-0.4, -0.2) is 32.7 Å². The molecule has 0 saturated heterocycles. The van der Waals surface area contributed by atoms with Crippen molar-refractivity contribution in [2.45, 2.75) is 77.7 Å². The fourth-order valence-corrected chi connectivity index (χ4v) is 4.23. The number of halogens is 2. The zero-order valence-corrected chi connectivity index (χ0v) is 22.3. The van der Waals surface area contributed by atoms with Gasteiger partial charge in [0.05, 0.1) is 16.8 Å². The lowest BCUT2D eigenvalue weighted by atomic mass is 10.1. The van der Waals surface area contributed by atoms with Crippen molar-refractivity contribution in [2.24, 2.45) is 5.92 Å². The van der Waals surface area contributed by atoms with Crippen molar-refractivity contribution in [2.75, 3.05) is 6.54 Å². The number of benzene rings is 1. The molecule has 0 aliphatic heterocycles. The van der Waals surface area contributed by atoms with E-state index in [1.54, 1.807) is 12.1 Å². The molecule has 3 aromatic rings. The van der Waals surface area contributed by atoms with Crippen LogP contribution in [-0.2, 0) is 0 Å². The van der Waals surface area contributed by atoms with E-state index < -0.39 is 11.8 Å². The first-order valence-electron chi connectivity index (χ1n) is 13.1. The number of rotatable bonds is 13. The van der Waals surface area contributed by atoms with Crippen molar-refractivity contribution >= 4 is 17.6 Å². The van der Waals surface area contributed by atoms with Crippen LogP contribution in [0.4, 0.5) is 4.39 Å². The van der Waals surface area contributed by atoms with Crippen molar-refractivity contribution in [1.29, 1.82) is 0 Å². The smallest absolute Gasteiger partial charge is 0.354 e. The van der Waals surface area contributed by atoms with Gasteiger partial charge in [0.1, 0.15) is 11.5 Å². The van der Waals surface area contributed by atoms with E-state index >= 15 is 0 Å². The zero-order valence-electron chi connectivity index (χ0n) is 21.6. The summed E-state index contributed by atoms with van der Waals surface area (Å²) in [5.74, 6) is 0.609. The summed E-state index contributed by atoms with van der Waals surface area (Å²) in [5.41, 5.74) is 0.939. The number of aromatic nitrogens is 3. The Hall–Kier alpha value is -2.84. The maximum Gasteiger partial charge on any atom is 0.354 e. The van der Waals surface area contributed by atoms with E-state index in [1.807, 2.05) is 6.92 Å². The van der Waals surface area contributed by atoms with Crippen LogP contribution in [0.15, 0.2) is 40.9 Å². The molecular weight excluding hydrogens is 495 g/mol. The van der Waals surface area contributed by atoms with Gasteiger partial charge in [0.15, 0.2) is 5.82 Å². The van der Waals surface area contributed by atoms with Gasteiger partial charge in [0.25, 0.3) is 0 Å². The number of carbonyl (C=O) groups is 1. The van der Waals surface area contributed by atoms with Crippen molar-refractivity contribution in [3.63, 3.8) is 0 Å². The standard InChI is InChI=1S/C16H29N3O.C12H7ClFNO2/c1-3-4-5-6-7-8-9-12-17-15(14-10-11-14)16-18-13(2)20-19-16;13-8-6-7(4-5-9(8)14)10-2-1-3-11(15-10)12(16)17/h14-15,17H,3-12H2,1-2H3;1-6H,(H,16,17). The third kappa shape index (κ3) is 9.52. The first-order chi connectivity index (χ1) is 17.9.